The standard InChI is InChI=1S/C17H16Cl2N2O2/c1-11-6-7-12(10-15(11)19)21-16(22)8-9-20-17(23)13-4-2-3-5-14(13)18/h2-7,10H,8-9H2,1H3,(H,20,23)(H,21,22). The van der Waals surface area contributed by atoms with Gasteiger partial charge in [-0.15, -0.1) is 0 Å². The van der Waals surface area contributed by atoms with Gasteiger partial charge >= 0.3 is 0 Å². The molecule has 0 atom stereocenters. The third-order valence-corrected chi connectivity index (χ3v) is 3.95. The lowest BCUT2D eigenvalue weighted by Crippen LogP contribution is -2.27. The van der Waals surface area contributed by atoms with Crippen LogP contribution in [0.3, 0.4) is 0 Å². The van der Waals surface area contributed by atoms with Crippen LogP contribution in [0.25, 0.3) is 0 Å². The Morgan fingerprint density at radius 3 is 2.48 bits per heavy atom. The lowest BCUT2D eigenvalue weighted by molar-refractivity contribution is -0.116. The first-order valence-electron chi connectivity index (χ1n) is 7.06. The number of hydrogen-bond acceptors (Lipinski definition) is 2. The molecule has 0 spiro atoms. The minimum Gasteiger partial charge on any atom is -0.351 e. The van der Waals surface area contributed by atoms with Gasteiger partial charge in [-0.3, -0.25) is 9.59 Å². The van der Waals surface area contributed by atoms with Gasteiger partial charge in [0.25, 0.3) is 5.91 Å². The topological polar surface area (TPSA) is 58.2 Å². The average molecular weight is 351 g/mol. The zero-order valence-electron chi connectivity index (χ0n) is 12.5. The van der Waals surface area contributed by atoms with E-state index in [-0.39, 0.29) is 24.8 Å². The van der Waals surface area contributed by atoms with E-state index in [1.807, 2.05) is 13.0 Å². The van der Waals surface area contributed by atoms with E-state index in [4.69, 9.17) is 23.2 Å². The molecule has 0 saturated carbocycles. The summed E-state index contributed by atoms with van der Waals surface area (Å²) in [6, 6.07) is 12.1. The highest BCUT2D eigenvalue weighted by molar-refractivity contribution is 6.33. The number of aryl methyl sites for hydroxylation is 1. The normalized spacial score (nSPS) is 10.2. The molecule has 23 heavy (non-hydrogen) atoms. The Labute approximate surface area is 144 Å². The first-order valence-corrected chi connectivity index (χ1v) is 7.81. The van der Waals surface area contributed by atoms with Crippen molar-refractivity contribution in [2.24, 2.45) is 0 Å². The van der Waals surface area contributed by atoms with E-state index in [0.717, 1.165) is 5.56 Å². The first kappa shape index (κ1) is 17.3. The predicted molar refractivity (Wildman–Crippen MR) is 93.2 cm³/mol. The van der Waals surface area contributed by atoms with Crippen LogP contribution in [0.4, 0.5) is 5.69 Å². The van der Waals surface area contributed by atoms with Gasteiger partial charge in [-0.2, -0.15) is 0 Å². The van der Waals surface area contributed by atoms with Crippen LogP contribution in [0.1, 0.15) is 22.3 Å². The van der Waals surface area contributed by atoms with E-state index in [1.165, 1.54) is 0 Å². The summed E-state index contributed by atoms with van der Waals surface area (Å²) in [5, 5.41) is 6.37. The van der Waals surface area contributed by atoms with Crippen molar-refractivity contribution >= 4 is 40.7 Å². The van der Waals surface area contributed by atoms with Crippen LogP contribution in [-0.4, -0.2) is 18.4 Å². The maximum atomic E-state index is 11.9. The first-order chi connectivity index (χ1) is 11.0. The molecule has 0 unspecified atom stereocenters. The average Bonchev–Trinajstić information content (AvgIpc) is 2.51. The van der Waals surface area contributed by atoms with Gasteiger partial charge in [0.1, 0.15) is 0 Å². The Morgan fingerprint density at radius 2 is 1.78 bits per heavy atom. The minimum absolute atomic E-state index is 0.154. The summed E-state index contributed by atoms with van der Waals surface area (Å²) in [4.78, 5) is 23.8. The van der Waals surface area contributed by atoms with Gasteiger partial charge in [0.05, 0.1) is 10.6 Å². The third kappa shape index (κ3) is 4.98. The molecule has 2 rings (SSSR count). The number of amides is 2. The maximum absolute atomic E-state index is 11.9. The molecule has 4 nitrogen and oxygen atoms in total. The van der Waals surface area contributed by atoms with Crippen LogP contribution in [0, 0.1) is 6.92 Å². The molecule has 0 fully saturated rings. The van der Waals surface area contributed by atoms with E-state index in [2.05, 4.69) is 10.6 Å². The van der Waals surface area contributed by atoms with Crippen molar-refractivity contribution in [3.63, 3.8) is 0 Å². The van der Waals surface area contributed by atoms with Crippen molar-refractivity contribution in [2.75, 3.05) is 11.9 Å². The van der Waals surface area contributed by atoms with Gasteiger partial charge in [0.2, 0.25) is 5.91 Å². The molecule has 2 aromatic rings. The van der Waals surface area contributed by atoms with Crippen LogP contribution < -0.4 is 10.6 Å². The zero-order chi connectivity index (χ0) is 16.8. The molecule has 0 radical (unpaired) electrons. The number of halogens is 2. The quantitative estimate of drug-likeness (QED) is 0.854. The van der Waals surface area contributed by atoms with Crippen molar-refractivity contribution < 1.29 is 9.59 Å². The fraction of sp³-hybridized carbons (Fsp3) is 0.176. The molecule has 0 aliphatic carbocycles. The number of carbonyl (C=O) groups is 2. The summed E-state index contributed by atoms with van der Waals surface area (Å²) >= 11 is 11.9. The van der Waals surface area contributed by atoms with Crippen LogP contribution in [-0.2, 0) is 4.79 Å². The van der Waals surface area contributed by atoms with Gasteiger partial charge in [-0.1, -0.05) is 41.4 Å². The molecule has 2 N–H and O–H groups in total. The highest BCUT2D eigenvalue weighted by Gasteiger charge is 2.10. The summed E-state index contributed by atoms with van der Waals surface area (Å²) in [7, 11) is 0. The highest BCUT2D eigenvalue weighted by atomic mass is 35.5. The molecule has 0 heterocycles. The zero-order valence-corrected chi connectivity index (χ0v) is 14.0. The lowest BCUT2D eigenvalue weighted by Gasteiger charge is -2.08. The second kappa shape index (κ2) is 7.99. The molecule has 2 aromatic carbocycles. The molecule has 0 aliphatic rings. The van der Waals surface area contributed by atoms with Crippen molar-refractivity contribution in [3.8, 4) is 0 Å². The molecule has 0 bridgehead atoms. The van der Waals surface area contributed by atoms with Crippen LogP contribution in [0.2, 0.25) is 10.0 Å². The van der Waals surface area contributed by atoms with Gasteiger partial charge < -0.3 is 10.6 Å². The van der Waals surface area contributed by atoms with E-state index in [0.29, 0.717) is 21.3 Å². The molecule has 120 valence electrons. The van der Waals surface area contributed by atoms with Gasteiger partial charge in [0, 0.05) is 23.7 Å². The third-order valence-electron chi connectivity index (χ3n) is 3.21. The second-order valence-corrected chi connectivity index (χ2v) is 5.81. The Hall–Kier alpha value is -2.04. The number of carbonyl (C=O) groups excluding carboxylic acids is 2. The number of rotatable bonds is 5. The number of hydrogen-bond donors (Lipinski definition) is 2. The molecule has 0 aliphatic heterocycles. The SMILES string of the molecule is Cc1ccc(NC(=O)CCNC(=O)c2ccccc2Cl)cc1Cl. The molecule has 0 aromatic heterocycles. The van der Waals surface area contributed by atoms with Crippen LogP contribution in [0.15, 0.2) is 42.5 Å². The van der Waals surface area contributed by atoms with E-state index < -0.39 is 0 Å². The molecule has 6 heteroatoms. The monoisotopic (exact) mass is 350 g/mol. The van der Waals surface area contributed by atoms with Gasteiger partial charge in [0.15, 0.2) is 0 Å². The molecule has 2 amide bonds. The van der Waals surface area contributed by atoms with Gasteiger partial charge in [-0.25, -0.2) is 0 Å². The summed E-state index contributed by atoms with van der Waals surface area (Å²) in [5.74, 6) is -0.508. The lowest BCUT2D eigenvalue weighted by atomic mass is 10.2. The summed E-state index contributed by atoms with van der Waals surface area (Å²) in [6.45, 7) is 2.10. The highest BCUT2D eigenvalue weighted by Crippen LogP contribution is 2.20. The number of anilines is 1. The summed E-state index contributed by atoms with van der Waals surface area (Å²) in [6.07, 6.45) is 0.154. The van der Waals surface area contributed by atoms with Crippen molar-refractivity contribution in [2.45, 2.75) is 13.3 Å². The number of nitrogens with one attached hydrogen (secondary N) is 2. The van der Waals surface area contributed by atoms with Crippen LogP contribution >= 0.6 is 23.2 Å². The molecule has 0 saturated heterocycles. The smallest absolute Gasteiger partial charge is 0.252 e. The summed E-state index contributed by atoms with van der Waals surface area (Å²) in [5.41, 5.74) is 1.96. The fourth-order valence-electron chi connectivity index (χ4n) is 1.92. The fourth-order valence-corrected chi connectivity index (χ4v) is 2.33. The Morgan fingerprint density at radius 1 is 1.04 bits per heavy atom. The van der Waals surface area contributed by atoms with E-state index >= 15 is 0 Å². The van der Waals surface area contributed by atoms with E-state index in [1.54, 1.807) is 36.4 Å². The Kier molecular flexibility index (Phi) is 6.02. The Bertz CT molecular complexity index is 732. The Balaban J connectivity index is 1.82. The second-order valence-electron chi connectivity index (χ2n) is 5.00. The largest absolute Gasteiger partial charge is 0.351 e. The number of benzene rings is 2. The summed E-state index contributed by atoms with van der Waals surface area (Å²) < 4.78 is 0. The molecular weight excluding hydrogens is 335 g/mol. The van der Waals surface area contributed by atoms with Crippen molar-refractivity contribution in [1.29, 1.82) is 0 Å². The van der Waals surface area contributed by atoms with Crippen LogP contribution in [0.5, 0.6) is 0 Å². The van der Waals surface area contributed by atoms with Crippen molar-refractivity contribution in [1.82, 2.24) is 5.32 Å². The maximum Gasteiger partial charge on any atom is 0.252 e. The van der Waals surface area contributed by atoms with Gasteiger partial charge in [-0.05, 0) is 36.8 Å². The van der Waals surface area contributed by atoms with Crippen molar-refractivity contribution in [3.05, 3.63) is 63.6 Å². The molecular formula is C17H16Cl2N2O2. The minimum atomic E-state index is -0.304. The predicted octanol–water partition coefficient (Wildman–Crippen LogP) is 4.06. The van der Waals surface area contributed by atoms with E-state index in [9.17, 15) is 9.59 Å².